The highest BCUT2D eigenvalue weighted by atomic mass is 32.2. The number of nitriles is 1. The Hall–Kier alpha value is -4.07. The minimum Gasteiger partial charge on any atom is -0.493 e. The van der Waals surface area contributed by atoms with E-state index in [1.807, 2.05) is 0 Å². The molecule has 1 aliphatic rings. The predicted molar refractivity (Wildman–Crippen MR) is 128 cm³/mol. The average Bonchev–Trinajstić information content (AvgIpc) is 3.24. The van der Waals surface area contributed by atoms with Crippen LogP contribution in [0.25, 0.3) is 0 Å². The van der Waals surface area contributed by atoms with Crippen molar-refractivity contribution >= 4 is 21.6 Å². The Morgan fingerprint density at radius 1 is 1.00 bits per heavy atom. The van der Waals surface area contributed by atoms with Gasteiger partial charge in [-0.2, -0.15) is 5.26 Å². The summed E-state index contributed by atoms with van der Waals surface area (Å²) in [5.74, 6) is 1.36. The second kappa shape index (κ2) is 9.66. The molecule has 0 saturated carbocycles. The molecule has 1 atom stereocenters. The topological polar surface area (TPSA) is 132 Å². The quantitative estimate of drug-likeness (QED) is 0.532. The van der Waals surface area contributed by atoms with Crippen LogP contribution < -0.4 is 24.2 Å². The van der Waals surface area contributed by atoms with E-state index in [0.717, 1.165) is 5.56 Å². The zero-order valence-corrected chi connectivity index (χ0v) is 19.9. The Kier molecular flexibility index (Phi) is 6.64. The van der Waals surface area contributed by atoms with Crippen molar-refractivity contribution in [1.82, 2.24) is 0 Å². The first kappa shape index (κ1) is 24.1. The second-order valence-corrected chi connectivity index (χ2v) is 9.47. The van der Waals surface area contributed by atoms with Gasteiger partial charge >= 0.3 is 0 Å². The molecule has 0 aromatic heterocycles. The highest BCUT2D eigenvalue weighted by molar-refractivity contribution is 7.89. The Balaban J connectivity index is 1.61. The first-order valence-electron chi connectivity index (χ1n) is 10.6. The van der Waals surface area contributed by atoms with E-state index in [1.165, 1.54) is 26.4 Å². The van der Waals surface area contributed by atoms with Crippen molar-refractivity contribution in [2.24, 2.45) is 5.14 Å². The molecule has 9 nitrogen and oxygen atoms in total. The van der Waals surface area contributed by atoms with E-state index in [0.29, 0.717) is 40.8 Å². The molecule has 1 heterocycles. The third kappa shape index (κ3) is 4.91. The van der Waals surface area contributed by atoms with Crippen molar-refractivity contribution in [3.8, 4) is 29.1 Å². The summed E-state index contributed by atoms with van der Waals surface area (Å²) >= 11 is 0. The molecule has 0 unspecified atom stereocenters. The molecule has 180 valence electrons. The van der Waals surface area contributed by atoms with Gasteiger partial charge in [0.05, 0.1) is 24.7 Å². The van der Waals surface area contributed by atoms with Gasteiger partial charge in [0, 0.05) is 24.6 Å². The fourth-order valence-electron chi connectivity index (χ4n) is 4.02. The lowest BCUT2D eigenvalue weighted by atomic mass is 9.96. The summed E-state index contributed by atoms with van der Waals surface area (Å²) in [6.07, 6.45) is 0.255. The Morgan fingerprint density at radius 2 is 1.71 bits per heavy atom. The van der Waals surface area contributed by atoms with Crippen LogP contribution >= 0.6 is 0 Å². The minimum absolute atomic E-state index is 0.0219. The van der Waals surface area contributed by atoms with Gasteiger partial charge in [0.15, 0.2) is 11.5 Å². The molecule has 1 aliphatic heterocycles. The Labute approximate surface area is 203 Å². The summed E-state index contributed by atoms with van der Waals surface area (Å²) in [7, 11) is -0.795. The van der Waals surface area contributed by atoms with Crippen LogP contribution in [0.1, 0.15) is 23.5 Å². The van der Waals surface area contributed by atoms with Gasteiger partial charge in [-0.1, -0.05) is 12.1 Å². The van der Waals surface area contributed by atoms with Gasteiger partial charge in [-0.15, -0.1) is 0 Å². The summed E-state index contributed by atoms with van der Waals surface area (Å²) < 4.78 is 39.8. The maximum Gasteiger partial charge on any atom is 0.238 e. The molecule has 1 fully saturated rings. The fourth-order valence-corrected chi connectivity index (χ4v) is 4.54. The van der Waals surface area contributed by atoms with E-state index in [1.54, 1.807) is 53.4 Å². The molecule has 35 heavy (non-hydrogen) atoms. The summed E-state index contributed by atoms with van der Waals surface area (Å²) in [6.45, 7) is 0.390. The van der Waals surface area contributed by atoms with Gasteiger partial charge in [-0.05, 0) is 54.1 Å². The van der Waals surface area contributed by atoms with Crippen LogP contribution in [0, 0.1) is 11.3 Å². The van der Waals surface area contributed by atoms with Crippen molar-refractivity contribution in [2.45, 2.75) is 17.2 Å². The molecule has 3 aromatic carbocycles. The number of anilines is 1. The van der Waals surface area contributed by atoms with Crippen LogP contribution in [-0.4, -0.2) is 35.1 Å². The first-order chi connectivity index (χ1) is 16.7. The number of nitrogens with two attached hydrogens (primary N) is 1. The molecule has 0 aliphatic carbocycles. The number of sulfonamides is 1. The van der Waals surface area contributed by atoms with Crippen molar-refractivity contribution < 1.29 is 27.4 Å². The van der Waals surface area contributed by atoms with Crippen LogP contribution in [0.3, 0.4) is 0 Å². The smallest absolute Gasteiger partial charge is 0.238 e. The van der Waals surface area contributed by atoms with E-state index in [4.69, 9.17) is 19.3 Å². The summed E-state index contributed by atoms with van der Waals surface area (Å²) in [5.41, 5.74) is 1.74. The van der Waals surface area contributed by atoms with Crippen LogP contribution in [0.4, 0.5) is 5.69 Å². The normalized spacial score (nSPS) is 15.5. The van der Waals surface area contributed by atoms with Crippen molar-refractivity contribution in [2.75, 3.05) is 25.7 Å². The van der Waals surface area contributed by atoms with Gasteiger partial charge in [-0.3, -0.25) is 4.79 Å². The predicted octanol–water partition coefficient (Wildman–Crippen LogP) is 3.54. The second-order valence-electron chi connectivity index (χ2n) is 7.91. The number of primary sulfonamides is 1. The molecular weight excluding hydrogens is 470 g/mol. The number of ether oxygens (including phenoxy) is 3. The molecule has 10 heteroatoms. The Bertz CT molecular complexity index is 1410. The number of rotatable bonds is 7. The number of methoxy groups -OCH3 is 2. The maximum absolute atomic E-state index is 12.8. The summed E-state index contributed by atoms with van der Waals surface area (Å²) in [5, 5.41) is 14.7. The van der Waals surface area contributed by atoms with Crippen molar-refractivity contribution in [3.05, 3.63) is 71.8 Å². The van der Waals surface area contributed by atoms with Gasteiger partial charge < -0.3 is 19.1 Å². The fraction of sp³-hybridized carbons (Fsp3) is 0.200. The van der Waals surface area contributed by atoms with Crippen LogP contribution in [0.15, 0.2) is 65.6 Å². The number of para-hydroxylation sites is 1. The van der Waals surface area contributed by atoms with Crippen LogP contribution in [0.5, 0.6) is 23.0 Å². The molecule has 1 saturated heterocycles. The summed E-state index contributed by atoms with van der Waals surface area (Å²) in [6, 6.07) is 18.4. The number of benzene rings is 3. The molecular formula is C25H23N3O6S. The highest BCUT2D eigenvalue weighted by Crippen LogP contribution is 2.41. The number of hydrogen-bond donors (Lipinski definition) is 1. The SMILES string of the molecule is COc1cccc(Oc2cc([C@H]3CC(=O)N(c4ccc(S(N)(=O)=O)cc4)C3)ccc2C#N)c1OC. The van der Waals surface area contributed by atoms with Gasteiger partial charge in [0.2, 0.25) is 21.7 Å². The van der Waals surface area contributed by atoms with E-state index >= 15 is 0 Å². The first-order valence-corrected chi connectivity index (χ1v) is 12.2. The van der Waals surface area contributed by atoms with Gasteiger partial charge in [-0.25, -0.2) is 13.6 Å². The largest absolute Gasteiger partial charge is 0.493 e. The molecule has 4 rings (SSSR count). The Morgan fingerprint density at radius 3 is 2.34 bits per heavy atom. The molecule has 1 amide bonds. The monoisotopic (exact) mass is 493 g/mol. The lowest BCUT2D eigenvalue weighted by Crippen LogP contribution is -2.24. The van der Waals surface area contributed by atoms with Crippen LogP contribution in [0.2, 0.25) is 0 Å². The lowest BCUT2D eigenvalue weighted by molar-refractivity contribution is -0.117. The lowest BCUT2D eigenvalue weighted by Gasteiger charge is -2.18. The number of amides is 1. The zero-order valence-electron chi connectivity index (χ0n) is 19.1. The van der Waals surface area contributed by atoms with Gasteiger partial charge in [0.25, 0.3) is 0 Å². The van der Waals surface area contributed by atoms with E-state index in [-0.39, 0.29) is 23.1 Å². The van der Waals surface area contributed by atoms with Gasteiger partial charge in [0.1, 0.15) is 11.8 Å². The molecule has 3 aromatic rings. The zero-order chi connectivity index (χ0) is 25.2. The number of hydrogen-bond acceptors (Lipinski definition) is 7. The standard InChI is InChI=1S/C25H23N3O6S/c1-32-21-4-3-5-22(25(21)33-2)34-23-12-16(6-7-17(23)14-26)18-13-24(29)28(15-18)19-8-10-20(11-9-19)35(27,30)31/h3-12,18H,13,15H2,1-2H3,(H2,27,30,31)/t18-/m0/s1. The third-order valence-corrected chi connectivity index (χ3v) is 6.72. The van der Waals surface area contributed by atoms with Crippen LogP contribution in [-0.2, 0) is 14.8 Å². The van der Waals surface area contributed by atoms with E-state index < -0.39 is 10.0 Å². The summed E-state index contributed by atoms with van der Waals surface area (Å²) in [4.78, 5) is 14.3. The maximum atomic E-state index is 12.8. The van der Waals surface area contributed by atoms with E-state index in [9.17, 15) is 18.5 Å². The highest BCUT2D eigenvalue weighted by Gasteiger charge is 2.32. The third-order valence-electron chi connectivity index (χ3n) is 5.79. The van der Waals surface area contributed by atoms with Crippen molar-refractivity contribution in [3.63, 3.8) is 0 Å². The van der Waals surface area contributed by atoms with Crippen molar-refractivity contribution in [1.29, 1.82) is 5.26 Å². The molecule has 0 radical (unpaired) electrons. The number of carbonyl (C=O) groups excluding carboxylic acids is 1. The van der Waals surface area contributed by atoms with E-state index in [2.05, 4.69) is 6.07 Å². The minimum atomic E-state index is -3.82. The molecule has 2 N–H and O–H groups in total. The number of carbonyl (C=O) groups is 1. The molecule has 0 bridgehead atoms. The molecule has 0 spiro atoms. The average molecular weight is 494 g/mol. The number of nitrogens with zero attached hydrogens (tertiary/aromatic N) is 2.